The molecule has 0 spiro atoms. The minimum Gasteiger partial charge on any atom is -0.373 e. The van der Waals surface area contributed by atoms with Gasteiger partial charge in [0.05, 0.1) is 0 Å². The molecule has 0 atom stereocenters. The summed E-state index contributed by atoms with van der Waals surface area (Å²) in [6.07, 6.45) is 0. The van der Waals surface area contributed by atoms with E-state index in [1.54, 1.807) is 0 Å². The van der Waals surface area contributed by atoms with Crippen molar-refractivity contribution in [1.29, 1.82) is 0 Å². The molecule has 3 aromatic carbocycles. The minimum atomic E-state index is -2.03. The van der Waals surface area contributed by atoms with Gasteiger partial charge in [0.15, 0.2) is 7.05 Å². The van der Waals surface area contributed by atoms with Crippen LogP contribution in [0.1, 0.15) is 0 Å². The average Bonchev–Trinajstić information content (AvgIpc) is 2.64. The number of benzene rings is 3. The van der Waals surface area contributed by atoms with Crippen molar-refractivity contribution in [2.24, 2.45) is 0 Å². The number of hydrogen-bond acceptors (Lipinski definition) is 0. The van der Waals surface area contributed by atoms with Crippen molar-refractivity contribution in [2.75, 3.05) is 0 Å². The van der Waals surface area contributed by atoms with E-state index in [0.29, 0.717) is 0 Å². The standard InChI is InChI=1S/C18H16NP.N3/c19-20(16-10-4-1-5-11-16,17-12-6-2-7-13-17)18-14-8-3-9-15-18;1-3-2/h1-15,19H;/q;-1/p+1. The van der Waals surface area contributed by atoms with Crippen LogP contribution in [0.3, 0.4) is 0 Å². The van der Waals surface area contributed by atoms with Gasteiger partial charge in [-0.15, -0.1) is 0 Å². The number of rotatable bonds is 3. The van der Waals surface area contributed by atoms with Crippen molar-refractivity contribution < 1.29 is 5.16 Å². The molecule has 0 aliphatic rings. The lowest BCUT2D eigenvalue weighted by Crippen LogP contribution is -2.44. The molecule has 0 aliphatic heterocycles. The highest BCUT2D eigenvalue weighted by molar-refractivity contribution is 7.84. The van der Waals surface area contributed by atoms with Crippen molar-refractivity contribution in [3.8, 4) is 0 Å². The molecule has 0 saturated carbocycles. The van der Waals surface area contributed by atoms with E-state index in [4.69, 9.17) is 16.2 Å². The fraction of sp³-hybridized carbons (Fsp3) is 0. The molecule has 0 saturated heterocycles. The molecule has 3 aromatic rings. The predicted octanol–water partition coefficient (Wildman–Crippen LogP) is 2.79. The Morgan fingerprint density at radius 1 is 0.565 bits per heavy atom. The van der Waals surface area contributed by atoms with Crippen molar-refractivity contribution in [2.45, 2.75) is 0 Å². The third-order valence-electron chi connectivity index (χ3n) is 3.49. The smallest absolute Gasteiger partial charge is 0.181 e. The van der Waals surface area contributed by atoms with Crippen LogP contribution in [-0.2, 0) is 0 Å². The molecule has 5 heteroatoms. The summed E-state index contributed by atoms with van der Waals surface area (Å²) in [7, 11) is -2.03. The second-order valence-corrected chi connectivity index (χ2v) is 7.81. The summed E-state index contributed by atoms with van der Waals surface area (Å²) in [6.45, 7) is 0. The van der Waals surface area contributed by atoms with Crippen LogP contribution in [0, 0.1) is 0 Å². The van der Waals surface area contributed by atoms with E-state index in [2.05, 4.69) is 72.8 Å². The topological polar surface area (TPSA) is 84.3 Å². The Bertz CT molecular complexity index is 708. The van der Waals surface area contributed by atoms with E-state index in [0.717, 1.165) is 0 Å². The van der Waals surface area contributed by atoms with Crippen molar-refractivity contribution in [1.82, 2.24) is 0 Å². The van der Waals surface area contributed by atoms with E-state index in [-0.39, 0.29) is 0 Å². The van der Waals surface area contributed by atoms with Gasteiger partial charge in [0.1, 0.15) is 0 Å². The molecule has 114 valence electrons. The van der Waals surface area contributed by atoms with Crippen molar-refractivity contribution in [3.63, 3.8) is 0 Å². The van der Waals surface area contributed by atoms with Crippen molar-refractivity contribution >= 4 is 23.0 Å². The third-order valence-corrected chi connectivity index (χ3v) is 6.83. The van der Waals surface area contributed by atoms with Gasteiger partial charge in [-0.1, -0.05) is 54.6 Å². The van der Waals surface area contributed by atoms with E-state index in [1.807, 2.05) is 18.2 Å². The first-order chi connectivity index (χ1) is 11.2. The van der Waals surface area contributed by atoms with E-state index >= 15 is 0 Å². The Morgan fingerprint density at radius 2 is 0.783 bits per heavy atom. The Balaban J connectivity index is 0.000000595. The van der Waals surface area contributed by atoms with Crippen LogP contribution in [0.15, 0.2) is 91.0 Å². The van der Waals surface area contributed by atoms with Gasteiger partial charge in [-0.25, -0.2) is 0 Å². The zero-order valence-electron chi connectivity index (χ0n) is 12.5. The van der Waals surface area contributed by atoms with Crippen LogP contribution in [-0.4, -0.2) is 0 Å². The van der Waals surface area contributed by atoms with Gasteiger partial charge in [-0.3, -0.25) is 10.1 Å². The molecule has 2 N–H and O–H groups in total. The van der Waals surface area contributed by atoms with Gasteiger partial charge >= 0.3 is 0 Å². The normalized spacial score (nSPS) is 10.1. The molecule has 23 heavy (non-hydrogen) atoms. The molecule has 4 nitrogen and oxygen atoms in total. The zero-order valence-corrected chi connectivity index (χ0v) is 13.4. The molecule has 0 bridgehead atoms. The van der Waals surface area contributed by atoms with Gasteiger partial charge in [0, 0.05) is 15.9 Å². The molecule has 0 fully saturated rings. The van der Waals surface area contributed by atoms with E-state index in [1.165, 1.54) is 20.8 Å². The monoisotopic (exact) mass is 320 g/mol. The molecule has 0 aromatic heterocycles. The van der Waals surface area contributed by atoms with Gasteiger partial charge in [0.25, 0.3) is 0 Å². The molecule has 0 aliphatic carbocycles. The predicted molar refractivity (Wildman–Crippen MR) is 97.2 cm³/mol. The SMILES string of the molecule is [N-]=[N+]=[N-].[NH2+]=P(c1ccccc1)(c1ccccc1)c1ccccc1. The second-order valence-electron chi connectivity index (χ2n) is 4.82. The Morgan fingerprint density at radius 3 is 1.00 bits per heavy atom. The average molecular weight is 320 g/mol. The van der Waals surface area contributed by atoms with Crippen LogP contribution in [0.5, 0.6) is 0 Å². The van der Waals surface area contributed by atoms with E-state index in [9.17, 15) is 0 Å². The molecule has 0 amide bonds. The van der Waals surface area contributed by atoms with Gasteiger partial charge in [-0.2, -0.15) is 0 Å². The summed E-state index contributed by atoms with van der Waals surface area (Å²) < 4.78 is 0. The summed E-state index contributed by atoms with van der Waals surface area (Å²) in [5.41, 5.74) is 13.5. The highest BCUT2D eigenvalue weighted by atomic mass is 31.2. The van der Waals surface area contributed by atoms with Crippen molar-refractivity contribution in [3.05, 3.63) is 107 Å². The van der Waals surface area contributed by atoms with Crippen LogP contribution < -0.4 is 21.1 Å². The first-order valence-corrected chi connectivity index (χ1v) is 8.92. The van der Waals surface area contributed by atoms with Crippen LogP contribution >= 0.6 is 7.05 Å². The van der Waals surface area contributed by atoms with Crippen LogP contribution in [0.25, 0.3) is 16.0 Å². The molecular formula is C18H17N4P. The Hall–Kier alpha value is -2.80. The largest absolute Gasteiger partial charge is 0.373 e. The van der Waals surface area contributed by atoms with E-state index < -0.39 is 7.05 Å². The summed E-state index contributed by atoms with van der Waals surface area (Å²) in [6, 6.07) is 31.2. The van der Waals surface area contributed by atoms with Crippen LogP contribution in [0.2, 0.25) is 0 Å². The first kappa shape index (κ1) is 16.6. The third kappa shape index (κ3) is 3.70. The van der Waals surface area contributed by atoms with Gasteiger partial charge < -0.3 is 11.1 Å². The number of nitrogens with two attached hydrogens (primary N) is 1. The lowest BCUT2D eigenvalue weighted by molar-refractivity contribution is -0.0806. The molecular weight excluding hydrogens is 303 g/mol. The highest BCUT2D eigenvalue weighted by Crippen LogP contribution is 2.37. The molecule has 3 rings (SSSR count). The Kier molecular flexibility index (Phi) is 5.76. The molecule has 0 radical (unpaired) electrons. The van der Waals surface area contributed by atoms with Gasteiger partial charge in [-0.05, 0) is 36.4 Å². The summed E-state index contributed by atoms with van der Waals surface area (Å²) in [5, 5.41) is 10.6. The molecule has 0 unspecified atom stereocenters. The quantitative estimate of drug-likeness (QED) is 0.333. The number of hydrogen-bond donors (Lipinski definition) is 1. The summed E-state index contributed by atoms with van der Waals surface area (Å²) in [5.74, 6) is 0. The lowest BCUT2D eigenvalue weighted by atomic mass is 10.4. The fourth-order valence-electron chi connectivity index (χ4n) is 2.44. The Labute approximate surface area is 135 Å². The fourth-order valence-corrected chi connectivity index (χ4v) is 5.26. The minimum absolute atomic E-state index is 1.21. The summed E-state index contributed by atoms with van der Waals surface area (Å²) >= 11 is 0. The van der Waals surface area contributed by atoms with Crippen LogP contribution in [0.4, 0.5) is 0 Å². The molecule has 0 heterocycles. The second kappa shape index (κ2) is 8.00. The maximum atomic E-state index is 6.97. The summed E-state index contributed by atoms with van der Waals surface area (Å²) in [4.78, 5) is 1.50. The zero-order chi connectivity index (χ0) is 16.5. The highest BCUT2D eigenvalue weighted by Gasteiger charge is 2.30. The number of nitrogens with zero attached hydrogens (tertiary/aromatic N) is 3. The van der Waals surface area contributed by atoms with Gasteiger partial charge in [0.2, 0.25) is 0 Å². The lowest BCUT2D eigenvalue weighted by Gasteiger charge is -2.18. The maximum absolute atomic E-state index is 6.97. The maximum Gasteiger partial charge on any atom is 0.181 e. The first-order valence-electron chi connectivity index (χ1n) is 7.06.